The van der Waals surface area contributed by atoms with Gasteiger partial charge in [0, 0.05) is 0 Å². The lowest BCUT2D eigenvalue weighted by atomic mass is 9.69. The maximum Gasteiger partial charge on any atom is 0.0726 e. The van der Waals surface area contributed by atoms with Crippen LogP contribution in [0, 0.1) is 0 Å². The molecule has 0 saturated carbocycles. The summed E-state index contributed by atoms with van der Waals surface area (Å²) >= 11 is 7.04. The van der Waals surface area contributed by atoms with Crippen molar-refractivity contribution in [3.05, 3.63) is 162 Å². The van der Waals surface area contributed by atoms with Crippen LogP contribution in [0.15, 0.2) is 140 Å². The quantitative estimate of drug-likeness (QED) is 0.179. The molecule has 4 aromatic carbocycles. The normalized spacial score (nSPS) is 13.5. The third-order valence-electron chi connectivity index (χ3n) is 9.69. The summed E-state index contributed by atoms with van der Waals surface area (Å²) in [6.45, 7) is 0. The van der Waals surface area contributed by atoms with Gasteiger partial charge in [-0.15, -0.1) is 0 Å². The Morgan fingerprint density at radius 1 is 0.289 bits per heavy atom. The molecule has 0 fully saturated rings. The highest BCUT2D eigenvalue weighted by Gasteiger charge is 2.52. The maximum absolute atomic E-state index is 2.50. The lowest BCUT2D eigenvalue weighted by molar-refractivity contribution is 0.795. The van der Waals surface area contributed by atoms with Crippen LogP contribution >= 0.6 is 45.3 Å². The Morgan fingerprint density at radius 2 is 0.556 bits per heavy atom. The minimum absolute atomic E-state index is 0.439. The summed E-state index contributed by atoms with van der Waals surface area (Å²) in [5.41, 5.74) is 20.7. The standard InChI is InChI=1S/C41H24S4/c1-5-33-34-6-2-26(30-10-14-43-22-30)18-38(34)41(37(33)17-25(1)29-9-13-42-21-29)39-19-27(31-11-15-44-23-31)3-7-35(39)36-8-4-28(20-40(36)41)32-12-16-45-24-32/h1-24H. The van der Waals surface area contributed by atoms with Crippen molar-refractivity contribution in [1.82, 2.24) is 0 Å². The Bertz CT molecular complexity index is 2010. The number of rotatable bonds is 4. The van der Waals surface area contributed by atoms with E-state index in [-0.39, 0.29) is 0 Å². The van der Waals surface area contributed by atoms with Crippen molar-refractivity contribution in [2.75, 3.05) is 0 Å². The molecule has 0 bridgehead atoms. The van der Waals surface area contributed by atoms with Gasteiger partial charge in [0.25, 0.3) is 0 Å². The van der Waals surface area contributed by atoms with Crippen molar-refractivity contribution in [2.45, 2.75) is 5.41 Å². The molecule has 0 N–H and O–H groups in total. The first-order chi connectivity index (χ1) is 22.3. The van der Waals surface area contributed by atoms with Gasteiger partial charge in [0.15, 0.2) is 0 Å². The lowest BCUT2D eigenvalue weighted by Crippen LogP contribution is -2.26. The molecule has 212 valence electrons. The molecule has 0 unspecified atom stereocenters. The molecule has 4 heterocycles. The van der Waals surface area contributed by atoms with E-state index in [0.717, 1.165) is 0 Å². The SMILES string of the molecule is c1cc(-c2ccc3c(c2)C2(c4cc(-c5ccsc5)ccc4-3)c3cc(-c4ccsc4)ccc3-c3ccc(-c4ccsc4)cc32)cs1. The summed E-state index contributed by atoms with van der Waals surface area (Å²) in [5.74, 6) is 0. The van der Waals surface area contributed by atoms with Gasteiger partial charge in [-0.2, -0.15) is 45.3 Å². The zero-order valence-electron chi connectivity index (χ0n) is 24.0. The summed E-state index contributed by atoms with van der Waals surface area (Å²) in [6, 6.07) is 37.7. The second kappa shape index (κ2) is 9.84. The molecule has 0 aliphatic heterocycles. The molecule has 0 amide bonds. The fourth-order valence-electron chi connectivity index (χ4n) is 7.66. The first-order valence-electron chi connectivity index (χ1n) is 15.0. The molecule has 4 heteroatoms. The van der Waals surface area contributed by atoms with E-state index in [4.69, 9.17) is 0 Å². The molecule has 0 atom stereocenters. The smallest absolute Gasteiger partial charge is 0.0726 e. The van der Waals surface area contributed by atoms with Crippen molar-refractivity contribution in [2.24, 2.45) is 0 Å². The monoisotopic (exact) mass is 644 g/mol. The van der Waals surface area contributed by atoms with E-state index in [2.05, 4.69) is 140 Å². The fourth-order valence-corrected chi connectivity index (χ4v) is 10.3. The van der Waals surface area contributed by atoms with E-state index < -0.39 is 5.41 Å². The van der Waals surface area contributed by atoms with Crippen LogP contribution in [0.3, 0.4) is 0 Å². The van der Waals surface area contributed by atoms with Crippen LogP contribution in [0.25, 0.3) is 66.8 Å². The Labute approximate surface area is 278 Å². The van der Waals surface area contributed by atoms with E-state index in [1.807, 2.05) is 0 Å². The van der Waals surface area contributed by atoms with Crippen molar-refractivity contribution in [1.29, 1.82) is 0 Å². The van der Waals surface area contributed by atoms with Gasteiger partial charge in [-0.05, 0) is 181 Å². The van der Waals surface area contributed by atoms with Crippen molar-refractivity contribution >= 4 is 45.3 Å². The molecule has 45 heavy (non-hydrogen) atoms. The van der Waals surface area contributed by atoms with Crippen LogP contribution in [0.1, 0.15) is 22.3 Å². The van der Waals surface area contributed by atoms with Crippen molar-refractivity contribution in [3.8, 4) is 66.8 Å². The summed E-state index contributed by atoms with van der Waals surface area (Å²) in [5, 5.41) is 17.8. The van der Waals surface area contributed by atoms with Crippen LogP contribution in [-0.2, 0) is 5.41 Å². The van der Waals surface area contributed by atoms with Crippen LogP contribution in [0.2, 0.25) is 0 Å². The van der Waals surface area contributed by atoms with Gasteiger partial charge in [0.2, 0.25) is 0 Å². The minimum atomic E-state index is -0.439. The van der Waals surface area contributed by atoms with Crippen LogP contribution in [0.5, 0.6) is 0 Å². The number of fused-ring (bicyclic) bond motifs is 10. The molecule has 2 aliphatic carbocycles. The third kappa shape index (κ3) is 3.68. The molecule has 1 spiro atoms. The predicted octanol–water partition coefficient (Wildman–Crippen LogP) is 12.9. The highest BCUT2D eigenvalue weighted by Crippen LogP contribution is 2.64. The van der Waals surface area contributed by atoms with E-state index in [9.17, 15) is 0 Å². The van der Waals surface area contributed by atoms with Crippen LogP contribution in [-0.4, -0.2) is 0 Å². The zero-order valence-corrected chi connectivity index (χ0v) is 27.3. The van der Waals surface area contributed by atoms with Gasteiger partial charge in [-0.25, -0.2) is 0 Å². The van der Waals surface area contributed by atoms with Gasteiger partial charge >= 0.3 is 0 Å². The fraction of sp³-hybridized carbons (Fsp3) is 0.0244. The molecule has 10 rings (SSSR count). The molecule has 2 aliphatic rings. The molecule has 0 radical (unpaired) electrons. The zero-order chi connectivity index (χ0) is 29.5. The Hall–Kier alpha value is -4.32. The van der Waals surface area contributed by atoms with Gasteiger partial charge < -0.3 is 0 Å². The second-order valence-corrected chi connectivity index (χ2v) is 15.0. The highest BCUT2D eigenvalue weighted by molar-refractivity contribution is 7.09. The van der Waals surface area contributed by atoms with Crippen LogP contribution < -0.4 is 0 Å². The molecular weight excluding hydrogens is 621 g/mol. The Morgan fingerprint density at radius 3 is 0.778 bits per heavy atom. The number of thiophene rings is 4. The Kier molecular flexibility index (Phi) is 5.67. The largest absolute Gasteiger partial charge is 0.152 e. The maximum atomic E-state index is 2.50. The van der Waals surface area contributed by atoms with Crippen LogP contribution in [0.4, 0.5) is 0 Å². The van der Waals surface area contributed by atoms with Crippen molar-refractivity contribution < 1.29 is 0 Å². The van der Waals surface area contributed by atoms with E-state index in [1.54, 1.807) is 45.3 Å². The van der Waals surface area contributed by atoms with Gasteiger partial charge in [-0.1, -0.05) is 48.5 Å². The van der Waals surface area contributed by atoms with Gasteiger partial charge in [0.05, 0.1) is 5.41 Å². The average Bonchev–Trinajstić information content (AvgIpc) is 3.94. The molecule has 4 aromatic heterocycles. The topological polar surface area (TPSA) is 0 Å². The molecule has 0 nitrogen and oxygen atoms in total. The van der Waals surface area contributed by atoms with E-state index in [0.29, 0.717) is 0 Å². The summed E-state index contributed by atoms with van der Waals surface area (Å²) in [6.07, 6.45) is 0. The highest BCUT2D eigenvalue weighted by atomic mass is 32.1. The van der Waals surface area contributed by atoms with E-state index >= 15 is 0 Å². The van der Waals surface area contributed by atoms with Gasteiger partial charge in [0.1, 0.15) is 0 Å². The number of hydrogen-bond acceptors (Lipinski definition) is 4. The summed E-state index contributed by atoms with van der Waals surface area (Å²) < 4.78 is 0. The lowest BCUT2D eigenvalue weighted by Gasteiger charge is -2.31. The third-order valence-corrected chi connectivity index (χ3v) is 12.4. The molecular formula is C41H24S4. The number of hydrogen-bond donors (Lipinski definition) is 0. The van der Waals surface area contributed by atoms with Crippen molar-refractivity contribution in [3.63, 3.8) is 0 Å². The Balaban J connectivity index is 1.35. The summed E-state index contributed by atoms with van der Waals surface area (Å²) in [7, 11) is 0. The molecule has 0 saturated heterocycles. The molecule has 8 aromatic rings. The average molecular weight is 645 g/mol. The van der Waals surface area contributed by atoms with E-state index in [1.165, 1.54) is 89.0 Å². The second-order valence-electron chi connectivity index (χ2n) is 11.8. The number of benzene rings is 4. The first kappa shape index (κ1) is 26.0. The predicted molar refractivity (Wildman–Crippen MR) is 196 cm³/mol. The minimum Gasteiger partial charge on any atom is -0.152 e. The van der Waals surface area contributed by atoms with Gasteiger partial charge in [-0.3, -0.25) is 0 Å². The summed E-state index contributed by atoms with van der Waals surface area (Å²) in [4.78, 5) is 0. The first-order valence-corrected chi connectivity index (χ1v) is 18.8.